The lowest BCUT2D eigenvalue weighted by molar-refractivity contribution is -0.131. The standard InChI is InChI=1S/C17H23NO3/c1-2-9-18(11-14-3-4-14)17(19)8-6-13-5-7-15-16(10-13)21-12-20-15/h5,7,10,14H,2-4,6,8-9,11-12H2,1H3. The fourth-order valence-corrected chi connectivity index (χ4v) is 2.71. The van der Waals surface area contributed by atoms with Gasteiger partial charge in [0.15, 0.2) is 11.5 Å². The molecule has 1 heterocycles. The highest BCUT2D eigenvalue weighted by atomic mass is 16.7. The monoisotopic (exact) mass is 289 g/mol. The van der Waals surface area contributed by atoms with Gasteiger partial charge >= 0.3 is 0 Å². The first kappa shape index (κ1) is 14.2. The number of hydrogen-bond donors (Lipinski definition) is 0. The molecule has 0 saturated heterocycles. The van der Waals surface area contributed by atoms with Crippen LogP contribution in [0.1, 0.15) is 38.2 Å². The zero-order valence-corrected chi connectivity index (χ0v) is 12.6. The Kier molecular flexibility index (Phi) is 4.32. The van der Waals surface area contributed by atoms with E-state index in [9.17, 15) is 4.79 Å². The molecule has 2 aliphatic rings. The van der Waals surface area contributed by atoms with E-state index in [0.29, 0.717) is 13.2 Å². The van der Waals surface area contributed by atoms with Crippen LogP contribution in [-0.4, -0.2) is 30.7 Å². The zero-order valence-electron chi connectivity index (χ0n) is 12.6. The Balaban J connectivity index is 1.54. The number of carbonyl (C=O) groups excluding carboxylic acids is 1. The maximum absolute atomic E-state index is 12.4. The van der Waals surface area contributed by atoms with Gasteiger partial charge in [0, 0.05) is 19.5 Å². The normalized spacial score (nSPS) is 16.0. The van der Waals surface area contributed by atoms with Crippen LogP contribution in [-0.2, 0) is 11.2 Å². The van der Waals surface area contributed by atoms with Crippen LogP contribution in [0.2, 0.25) is 0 Å². The Labute approximate surface area is 126 Å². The molecule has 0 N–H and O–H groups in total. The van der Waals surface area contributed by atoms with Crippen molar-refractivity contribution < 1.29 is 14.3 Å². The van der Waals surface area contributed by atoms with E-state index in [2.05, 4.69) is 6.92 Å². The molecule has 0 aromatic heterocycles. The van der Waals surface area contributed by atoms with Crippen LogP contribution in [0.5, 0.6) is 11.5 Å². The van der Waals surface area contributed by atoms with Crippen LogP contribution >= 0.6 is 0 Å². The van der Waals surface area contributed by atoms with Crippen molar-refractivity contribution in [3.8, 4) is 11.5 Å². The second-order valence-corrected chi connectivity index (χ2v) is 5.97. The predicted molar refractivity (Wildman–Crippen MR) is 80.5 cm³/mol. The van der Waals surface area contributed by atoms with Crippen molar-refractivity contribution in [2.24, 2.45) is 5.92 Å². The van der Waals surface area contributed by atoms with Crippen LogP contribution < -0.4 is 9.47 Å². The first-order valence-corrected chi connectivity index (χ1v) is 7.92. The minimum absolute atomic E-state index is 0.279. The molecule has 1 saturated carbocycles. The fourth-order valence-electron chi connectivity index (χ4n) is 2.71. The summed E-state index contributed by atoms with van der Waals surface area (Å²) in [6, 6.07) is 5.93. The van der Waals surface area contributed by atoms with Crippen LogP contribution in [0.15, 0.2) is 18.2 Å². The fraction of sp³-hybridized carbons (Fsp3) is 0.588. The first-order chi connectivity index (χ1) is 10.3. The van der Waals surface area contributed by atoms with Crippen molar-refractivity contribution >= 4 is 5.91 Å². The lowest BCUT2D eigenvalue weighted by atomic mass is 10.1. The van der Waals surface area contributed by atoms with Crippen LogP contribution in [0.4, 0.5) is 0 Å². The number of rotatable bonds is 7. The third-order valence-electron chi connectivity index (χ3n) is 4.09. The van der Waals surface area contributed by atoms with Gasteiger partial charge in [-0.15, -0.1) is 0 Å². The average Bonchev–Trinajstić information content (AvgIpc) is 3.18. The number of nitrogens with zero attached hydrogens (tertiary/aromatic N) is 1. The van der Waals surface area contributed by atoms with Crippen molar-refractivity contribution in [1.82, 2.24) is 4.90 Å². The van der Waals surface area contributed by atoms with E-state index in [0.717, 1.165) is 48.9 Å². The highest BCUT2D eigenvalue weighted by Crippen LogP contribution is 2.33. The van der Waals surface area contributed by atoms with Crippen molar-refractivity contribution in [3.05, 3.63) is 23.8 Å². The molecule has 1 aromatic carbocycles. The summed E-state index contributed by atoms with van der Waals surface area (Å²) in [4.78, 5) is 14.4. The number of aryl methyl sites for hydroxylation is 1. The number of hydrogen-bond acceptors (Lipinski definition) is 3. The Morgan fingerprint density at radius 3 is 2.86 bits per heavy atom. The van der Waals surface area contributed by atoms with Crippen molar-refractivity contribution in [1.29, 1.82) is 0 Å². The minimum Gasteiger partial charge on any atom is -0.454 e. The van der Waals surface area contributed by atoms with Gasteiger partial charge in [0.25, 0.3) is 0 Å². The molecule has 0 unspecified atom stereocenters. The van der Waals surface area contributed by atoms with Crippen molar-refractivity contribution in [2.75, 3.05) is 19.9 Å². The van der Waals surface area contributed by atoms with Gasteiger partial charge in [-0.05, 0) is 49.3 Å². The summed E-state index contributed by atoms with van der Waals surface area (Å²) >= 11 is 0. The Morgan fingerprint density at radius 1 is 1.29 bits per heavy atom. The molecular weight excluding hydrogens is 266 g/mol. The number of ether oxygens (including phenoxy) is 2. The second-order valence-electron chi connectivity index (χ2n) is 5.97. The van der Waals surface area contributed by atoms with Crippen LogP contribution in [0.3, 0.4) is 0 Å². The molecule has 0 spiro atoms. The number of carbonyl (C=O) groups is 1. The van der Waals surface area contributed by atoms with Gasteiger partial charge in [-0.25, -0.2) is 0 Å². The Hall–Kier alpha value is -1.71. The lowest BCUT2D eigenvalue weighted by Crippen LogP contribution is -2.33. The van der Waals surface area contributed by atoms with Crippen molar-refractivity contribution in [3.63, 3.8) is 0 Å². The van der Waals surface area contributed by atoms with E-state index < -0.39 is 0 Å². The first-order valence-electron chi connectivity index (χ1n) is 7.92. The van der Waals surface area contributed by atoms with Gasteiger partial charge < -0.3 is 14.4 Å². The Morgan fingerprint density at radius 2 is 2.10 bits per heavy atom. The molecule has 0 bridgehead atoms. The van der Waals surface area contributed by atoms with Gasteiger partial charge in [0.05, 0.1) is 0 Å². The molecule has 4 heteroatoms. The number of benzene rings is 1. The van der Waals surface area contributed by atoms with E-state index >= 15 is 0 Å². The molecule has 0 atom stereocenters. The molecule has 1 fully saturated rings. The predicted octanol–water partition coefficient (Wildman–Crippen LogP) is 3.00. The quantitative estimate of drug-likeness (QED) is 0.774. The smallest absolute Gasteiger partial charge is 0.231 e. The summed E-state index contributed by atoms with van der Waals surface area (Å²) in [5.74, 6) is 2.63. The van der Waals surface area contributed by atoms with Gasteiger partial charge in [0.2, 0.25) is 12.7 Å². The average molecular weight is 289 g/mol. The van der Waals surface area contributed by atoms with E-state index in [1.165, 1.54) is 12.8 Å². The summed E-state index contributed by atoms with van der Waals surface area (Å²) in [5, 5.41) is 0. The van der Waals surface area contributed by atoms with Crippen LogP contribution in [0.25, 0.3) is 0 Å². The molecule has 3 rings (SSSR count). The van der Waals surface area contributed by atoms with E-state index in [4.69, 9.17) is 9.47 Å². The largest absolute Gasteiger partial charge is 0.454 e. The van der Waals surface area contributed by atoms with E-state index in [1.54, 1.807) is 0 Å². The lowest BCUT2D eigenvalue weighted by Gasteiger charge is -2.22. The van der Waals surface area contributed by atoms with Crippen LogP contribution in [0, 0.1) is 5.92 Å². The molecule has 1 aliphatic heterocycles. The molecule has 114 valence electrons. The molecule has 21 heavy (non-hydrogen) atoms. The number of fused-ring (bicyclic) bond motifs is 1. The van der Waals surface area contributed by atoms with Gasteiger partial charge in [-0.1, -0.05) is 13.0 Å². The van der Waals surface area contributed by atoms with Gasteiger partial charge in [0.1, 0.15) is 0 Å². The van der Waals surface area contributed by atoms with E-state index in [1.807, 2.05) is 23.1 Å². The molecule has 0 radical (unpaired) electrons. The maximum atomic E-state index is 12.4. The third-order valence-corrected chi connectivity index (χ3v) is 4.09. The minimum atomic E-state index is 0.279. The topological polar surface area (TPSA) is 38.8 Å². The summed E-state index contributed by atoms with van der Waals surface area (Å²) in [5.41, 5.74) is 1.13. The highest BCUT2D eigenvalue weighted by Gasteiger charge is 2.26. The molecular formula is C17H23NO3. The molecule has 4 nitrogen and oxygen atoms in total. The van der Waals surface area contributed by atoms with Gasteiger partial charge in [-0.3, -0.25) is 4.79 Å². The highest BCUT2D eigenvalue weighted by molar-refractivity contribution is 5.76. The zero-order chi connectivity index (χ0) is 14.7. The second kappa shape index (κ2) is 6.37. The summed E-state index contributed by atoms with van der Waals surface area (Å²) < 4.78 is 10.7. The summed E-state index contributed by atoms with van der Waals surface area (Å²) in [6.45, 7) is 4.26. The number of amides is 1. The maximum Gasteiger partial charge on any atom is 0.231 e. The SMILES string of the molecule is CCCN(CC1CC1)C(=O)CCc1ccc2c(c1)OCO2. The van der Waals surface area contributed by atoms with E-state index in [-0.39, 0.29) is 5.91 Å². The van der Waals surface area contributed by atoms with Crippen molar-refractivity contribution in [2.45, 2.75) is 39.0 Å². The summed E-state index contributed by atoms with van der Waals surface area (Å²) in [7, 11) is 0. The molecule has 1 aromatic rings. The molecule has 1 amide bonds. The van der Waals surface area contributed by atoms with Gasteiger partial charge in [-0.2, -0.15) is 0 Å². The third kappa shape index (κ3) is 3.69. The summed E-state index contributed by atoms with van der Waals surface area (Å²) in [6.07, 6.45) is 4.94. The molecule has 1 aliphatic carbocycles. The Bertz CT molecular complexity index is 511.